The third-order valence-corrected chi connectivity index (χ3v) is 4.85. The molecule has 1 aliphatic heterocycles. The lowest BCUT2D eigenvalue weighted by atomic mass is 9.85. The Labute approximate surface area is 110 Å². The maximum absolute atomic E-state index is 4.92. The molecule has 1 fully saturated rings. The average molecular weight is 254 g/mol. The molecule has 2 rings (SSSR count). The fourth-order valence-electron chi connectivity index (χ4n) is 2.39. The second-order valence-electron chi connectivity index (χ2n) is 7.07. The first-order valence-electron chi connectivity index (χ1n) is 6.78. The third kappa shape index (κ3) is 3.40. The molecule has 0 radical (unpaired) electrons. The highest BCUT2D eigenvalue weighted by molar-refractivity contribution is 8.13. The van der Waals surface area contributed by atoms with E-state index in [-0.39, 0.29) is 11.0 Å². The number of hydrogen-bond acceptors (Lipinski definition) is 3. The van der Waals surface area contributed by atoms with Gasteiger partial charge in [0.1, 0.15) is 0 Å². The molecule has 2 nitrogen and oxygen atoms in total. The summed E-state index contributed by atoms with van der Waals surface area (Å²) in [7, 11) is 0. The lowest BCUT2D eigenvalue weighted by Gasteiger charge is -2.34. The van der Waals surface area contributed by atoms with Crippen molar-refractivity contribution in [3.8, 4) is 0 Å². The summed E-state index contributed by atoms with van der Waals surface area (Å²) in [4.78, 5) is 4.92. The highest BCUT2D eigenvalue weighted by Crippen LogP contribution is 2.40. The summed E-state index contributed by atoms with van der Waals surface area (Å²) in [5.74, 6) is 2.05. The van der Waals surface area contributed by atoms with Gasteiger partial charge in [-0.25, -0.2) is 0 Å². The van der Waals surface area contributed by atoms with Gasteiger partial charge >= 0.3 is 0 Å². The molecule has 1 unspecified atom stereocenters. The number of thioether (sulfide) groups is 1. The smallest absolute Gasteiger partial charge is 0.157 e. The number of amidine groups is 1. The first-order chi connectivity index (χ1) is 7.79. The normalized spacial score (nSPS) is 26.6. The number of nitrogens with zero attached hydrogens (tertiary/aromatic N) is 1. The summed E-state index contributed by atoms with van der Waals surface area (Å²) in [5, 5.41) is 4.85. The number of rotatable bonds is 2. The van der Waals surface area contributed by atoms with Gasteiger partial charge in [0.05, 0.1) is 6.04 Å². The summed E-state index contributed by atoms with van der Waals surface area (Å²) < 4.78 is 0. The van der Waals surface area contributed by atoms with Gasteiger partial charge in [-0.05, 0) is 44.4 Å². The first-order valence-corrected chi connectivity index (χ1v) is 7.76. The molecule has 1 saturated carbocycles. The number of aliphatic imine (C=N–C) groups is 1. The average Bonchev–Trinajstić information content (AvgIpc) is 2.99. The van der Waals surface area contributed by atoms with Gasteiger partial charge in [-0.1, -0.05) is 32.5 Å². The van der Waals surface area contributed by atoms with Crippen LogP contribution >= 0.6 is 11.8 Å². The van der Waals surface area contributed by atoms with Gasteiger partial charge in [0, 0.05) is 11.3 Å². The molecule has 1 atom stereocenters. The molecule has 0 amide bonds. The van der Waals surface area contributed by atoms with Crippen molar-refractivity contribution in [1.82, 2.24) is 5.32 Å². The molecule has 0 saturated heterocycles. The molecule has 17 heavy (non-hydrogen) atoms. The Morgan fingerprint density at radius 2 is 1.76 bits per heavy atom. The van der Waals surface area contributed by atoms with E-state index in [9.17, 15) is 0 Å². The van der Waals surface area contributed by atoms with Crippen LogP contribution in [0.4, 0.5) is 0 Å². The summed E-state index contributed by atoms with van der Waals surface area (Å²) in [6.45, 7) is 11.5. The Morgan fingerprint density at radius 1 is 1.12 bits per heavy atom. The lowest BCUT2D eigenvalue weighted by molar-refractivity contribution is 0.313. The van der Waals surface area contributed by atoms with Crippen LogP contribution in [0.25, 0.3) is 0 Å². The molecular weight excluding hydrogens is 228 g/mol. The molecule has 98 valence electrons. The third-order valence-electron chi connectivity index (χ3n) is 3.93. The molecule has 0 aromatic rings. The van der Waals surface area contributed by atoms with Gasteiger partial charge in [-0.15, -0.1) is 0 Å². The minimum Gasteiger partial charge on any atom is -0.360 e. The van der Waals surface area contributed by atoms with Crippen LogP contribution in [0.1, 0.15) is 53.9 Å². The second kappa shape index (κ2) is 4.49. The highest BCUT2D eigenvalue weighted by atomic mass is 32.2. The van der Waals surface area contributed by atoms with Crippen molar-refractivity contribution < 1.29 is 0 Å². The summed E-state index contributed by atoms with van der Waals surface area (Å²) in [6, 6.07) is 0.473. The minimum absolute atomic E-state index is 0.228. The van der Waals surface area contributed by atoms with E-state index in [0.29, 0.717) is 6.04 Å². The van der Waals surface area contributed by atoms with Crippen molar-refractivity contribution >= 4 is 16.9 Å². The van der Waals surface area contributed by atoms with Crippen LogP contribution in [0.5, 0.6) is 0 Å². The Morgan fingerprint density at radius 3 is 2.29 bits per heavy atom. The van der Waals surface area contributed by atoms with E-state index in [1.165, 1.54) is 30.2 Å². The van der Waals surface area contributed by atoms with Gasteiger partial charge in [0.2, 0.25) is 0 Å². The fourth-order valence-corrected chi connectivity index (χ4v) is 3.46. The number of hydrogen-bond donors (Lipinski definition) is 1. The summed E-state index contributed by atoms with van der Waals surface area (Å²) in [6.07, 6.45) is 3.96. The van der Waals surface area contributed by atoms with Crippen molar-refractivity contribution in [1.29, 1.82) is 0 Å². The van der Waals surface area contributed by atoms with Crippen LogP contribution in [-0.2, 0) is 0 Å². The van der Waals surface area contributed by atoms with Crippen molar-refractivity contribution in [2.75, 3.05) is 5.75 Å². The monoisotopic (exact) mass is 254 g/mol. The van der Waals surface area contributed by atoms with E-state index in [1.54, 1.807) is 0 Å². The maximum atomic E-state index is 4.92. The SMILES string of the molecule is CC(C)(C)C1CCSC(NC(C)(C)C2CC2)=N1. The van der Waals surface area contributed by atoms with Crippen molar-refractivity contribution in [2.24, 2.45) is 16.3 Å². The van der Waals surface area contributed by atoms with Crippen molar-refractivity contribution in [2.45, 2.75) is 65.5 Å². The predicted molar refractivity (Wildman–Crippen MR) is 77.7 cm³/mol. The van der Waals surface area contributed by atoms with Crippen molar-refractivity contribution in [3.63, 3.8) is 0 Å². The molecule has 3 heteroatoms. The topological polar surface area (TPSA) is 24.4 Å². The van der Waals surface area contributed by atoms with Crippen LogP contribution < -0.4 is 5.32 Å². The quantitative estimate of drug-likeness (QED) is 0.813. The lowest BCUT2D eigenvalue weighted by Crippen LogP contribution is -2.46. The van der Waals surface area contributed by atoms with Gasteiger partial charge < -0.3 is 5.32 Å². The largest absolute Gasteiger partial charge is 0.360 e. The molecule has 0 bridgehead atoms. The fraction of sp³-hybridized carbons (Fsp3) is 0.929. The van der Waals surface area contributed by atoms with E-state index in [1.807, 2.05) is 11.8 Å². The van der Waals surface area contributed by atoms with Crippen LogP contribution in [0, 0.1) is 11.3 Å². The van der Waals surface area contributed by atoms with Crippen LogP contribution in [0.3, 0.4) is 0 Å². The first kappa shape index (κ1) is 13.3. The molecule has 2 aliphatic rings. The molecule has 1 heterocycles. The highest BCUT2D eigenvalue weighted by Gasteiger charge is 2.39. The maximum Gasteiger partial charge on any atom is 0.157 e. The molecular formula is C14H26N2S. The van der Waals surface area contributed by atoms with E-state index in [2.05, 4.69) is 39.9 Å². The predicted octanol–water partition coefficient (Wildman–Crippen LogP) is 3.67. The van der Waals surface area contributed by atoms with Gasteiger partial charge in [-0.3, -0.25) is 4.99 Å². The Kier molecular flexibility index (Phi) is 3.50. The van der Waals surface area contributed by atoms with Gasteiger partial charge in [0.25, 0.3) is 0 Å². The number of nitrogens with one attached hydrogen (secondary N) is 1. The van der Waals surface area contributed by atoms with Crippen molar-refractivity contribution in [3.05, 3.63) is 0 Å². The molecule has 1 aliphatic carbocycles. The zero-order chi connectivity index (χ0) is 12.7. The van der Waals surface area contributed by atoms with Crippen LogP contribution in [0.15, 0.2) is 4.99 Å². The van der Waals surface area contributed by atoms with Gasteiger partial charge in [-0.2, -0.15) is 0 Å². The van der Waals surface area contributed by atoms with E-state index < -0.39 is 0 Å². The van der Waals surface area contributed by atoms with E-state index in [0.717, 1.165) is 5.92 Å². The standard InChI is InChI=1S/C14H26N2S/c1-13(2,3)11-8-9-17-12(15-11)16-14(4,5)10-6-7-10/h10-11H,6-9H2,1-5H3,(H,15,16). The second-order valence-corrected chi connectivity index (χ2v) is 8.16. The van der Waals surface area contributed by atoms with E-state index >= 15 is 0 Å². The Balaban J connectivity index is 2.02. The summed E-state index contributed by atoms with van der Waals surface area (Å²) in [5.41, 5.74) is 0.517. The minimum atomic E-state index is 0.228. The van der Waals surface area contributed by atoms with Crippen LogP contribution in [0.2, 0.25) is 0 Å². The Hall–Kier alpha value is -0.180. The molecule has 0 aromatic heterocycles. The van der Waals surface area contributed by atoms with Crippen LogP contribution in [-0.4, -0.2) is 22.5 Å². The van der Waals surface area contributed by atoms with E-state index in [4.69, 9.17) is 4.99 Å². The zero-order valence-corrected chi connectivity index (χ0v) is 12.7. The Bertz CT molecular complexity index is 311. The molecule has 0 aromatic carbocycles. The zero-order valence-electron chi connectivity index (χ0n) is 11.8. The van der Waals surface area contributed by atoms with Gasteiger partial charge in [0.15, 0.2) is 5.17 Å². The molecule has 0 spiro atoms. The molecule has 1 N–H and O–H groups in total. The summed E-state index contributed by atoms with van der Waals surface area (Å²) >= 11 is 1.89.